The van der Waals surface area contributed by atoms with E-state index < -0.39 is 0 Å². The van der Waals surface area contributed by atoms with Crippen molar-refractivity contribution < 1.29 is 9.18 Å². The van der Waals surface area contributed by atoms with Crippen LogP contribution in [0.1, 0.15) is 50.7 Å². The largest absolute Gasteiger partial charge is 0.358 e. The summed E-state index contributed by atoms with van der Waals surface area (Å²) >= 11 is 0. The molecule has 2 heterocycles. The molecular formula is C29H27FN2O. The monoisotopic (exact) mass is 438 g/mol. The van der Waals surface area contributed by atoms with Crippen molar-refractivity contribution in [3.8, 4) is 0 Å². The molecule has 0 bridgehead atoms. The van der Waals surface area contributed by atoms with Gasteiger partial charge in [-0.2, -0.15) is 0 Å². The number of rotatable bonds is 2. The maximum atomic E-state index is 13.9. The van der Waals surface area contributed by atoms with E-state index in [0.717, 1.165) is 41.1 Å². The number of hydrogen-bond donors (Lipinski definition) is 1. The Morgan fingerprint density at radius 1 is 1.00 bits per heavy atom. The van der Waals surface area contributed by atoms with Crippen molar-refractivity contribution in [2.24, 2.45) is 5.41 Å². The van der Waals surface area contributed by atoms with Crippen LogP contribution in [0, 0.1) is 11.2 Å². The first-order chi connectivity index (χ1) is 15.9. The number of Topliss-reactive ketones (excluding diaryl/α,β-unsaturated/α-hetero) is 1. The highest BCUT2D eigenvalue weighted by atomic mass is 19.1. The molecule has 1 unspecified atom stereocenters. The first kappa shape index (κ1) is 20.2. The van der Waals surface area contributed by atoms with Crippen LogP contribution in [0.25, 0.3) is 21.8 Å². The minimum absolute atomic E-state index is 0.0872. The van der Waals surface area contributed by atoms with Crippen molar-refractivity contribution in [3.63, 3.8) is 0 Å². The van der Waals surface area contributed by atoms with Crippen LogP contribution in [0.2, 0.25) is 0 Å². The summed E-state index contributed by atoms with van der Waals surface area (Å²) in [6.07, 6.45) is 1.34. The van der Waals surface area contributed by atoms with Crippen LogP contribution in [0.5, 0.6) is 0 Å². The van der Waals surface area contributed by atoms with Crippen LogP contribution in [0.15, 0.2) is 71.9 Å². The number of aryl methyl sites for hydroxylation is 1. The van der Waals surface area contributed by atoms with Gasteiger partial charge in [0.25, 0.3) is 0 Å². The van der Waals surface area contributed by atoms with Crippen LogP contribution in [0.4, 0.5) is 10.1 Å². The number of carbonyl (C=O) groups excluding carboxylic acids is 1. The number of fused-ring (bicyclic) bond motifs is 5. The molecule has 4 heteroatoms. The van der Waals surface area contributed by atoms with Gasteiger partial charge in [0, 0.05) is 57.6 Å². The van der Waals surface area contributed by atoms with Gasteiger partial charge in [0.2, 0.25) is 0 Å². The second kappa shape index (κ2) is 7.05. The summed E-state index contributed by atoms with van der Waals surface area (Å²) in [5, 5.41) is 6.02. The summed E-state index contributed by atoms with van der Waals surface area (Å²) in [6, 6.07) is 19.5. The third-order valence-corrected chi connectivity index (χ3v) is 7.28. The molecule has 1 N–H and O–H groups in total. The minimum atomic E-state index is -0.265. The molecule has 0 spiro atoms. The molecule has 3 nitrogen and oxygen atoms in total. The predicted octanol–water partition coefficient (Wildman–Crippen LogP) is 7.15. The highest BCUT2D eigenvalue weighted by Gasteiger charge is 2.41. The van der Waals surface area contributed by atoms with Gasteiger partial charge in [0.1, 0.15) is 5.82 Å². The second-order valence-corrected chi connectivity index (χ2v) is 10.1. The van der Waals surface area contributed by atoms with Crippen LogP contribution in [0.3, 0.4) is 0 Å². The zero-order valence-corrected chi connectivity index (χ0v) is 19.2. The fourth-order valence-corrected chi connectivity index (χ4v) is 5.99. The van der Waals surface area contributed by atoms with Gasteiger partial charge in [-0.1, -0.05) is 44.2 Å². The lowest BCUT2D eigenvalue weighted by Gasteiger charge is -2.39. The topological polar surface area (TPSA) is 34.0 Å². The molecule has 166 valence electrons. The van der Waals surface area contributed by atoms with Gasteiger partial charge in [-0.25, -0.2) is 4.39 Å². The molecule has 1 aliphatic carbocycles. The Labute approximate surface area is 192 Å². The number of para-hydroxylation sites is 1. The standard InChI is InChI=1S/C29H27FN2O/c1-4-32-22-8-6-5-7-19(22)26-23(32)14-13-20-28(26)25(17-9-11-18(30)12-10-17)27-21(31-20)15-29(2,3)16-24(27)33/h5-14,25,31H,4,15-16H2,1-3H3. The number of benzene rings is 3. The quantitative estimate of drug-likeness (QED) is 0.360. The number of ketones is 1. The first-order valence-corrected chi connectivity index (χ1v) is 11.7. The van der Waals surface area contributed by atoms with Crippen molar-refractivity contribution >= 4 is 33.3 Å². The molecule has 0 saturated heterocycles. The Morgan fingerprint density at radius 2 is 1.76 bits per heavy atom. The van der Waals surface area contributed by atoms with E-state index in [1.54, 1.807) is 0 Å². The summed E-state index contributed by atoms with van der Waals surface area (Å²) in [7, 11) is 0. The Bertz CT molecular complexity index is 1470. The Kier molecular flexibility index (Phi) is 4.32. The van der Waals surface area contributed by atoms with Crippen LogP contribution in [-0.4, -0.2) is 10.4 Å². The molecule has 33 heavy (non-hydrogen) atoms. The van der Waals surface area contributed by atoms with Crippen molar-refractivity contribution in [2.75, 3.05) is 5.32 Å². The average Bonchev–Trinajstić information content (AvgIpc) is 3.11. The van der Waals surface area contributed by atoms with Gasteiger partial charge in [0.15, 0.2) is 5.78 Å². The smallest absolute Gasteiger partial charge is 0.162 e. The van der Waals surface area contributed by atoms with E-state index in [-0.39, 0.29) is 22.9 Å². The number of aromatic nitrogens is 1. The van der Waals surface area contributed by atoms with Gasteiger partial charge < -0.3 is 9.88 Å². The number of allylic oxidation sites excluding steroid dienone is 2. The van der Waals surface area contributed by atoms with Crippen molar-refractivity contribution in [1.82, 2.24) is 4.57 Å². The summed E-state index contributed by atoms with van der Waals surface area (Å²) < 4.78 is 16.2. The summed E-state index contributed by atoms with van der Waals surface area (Å²) in [6.45, 7) is 7.32. The van der Waals surface area contributed by atoms with E-state index >= 15 is 0 Å². The van der Waals surface area contributed by atoms with Crippen LogP contribution < -0.4 is 5.32 Å². The van der Waals surface area contributed by atoms with Gasteiger partial charge in [-0.3, -0.25) is 4.79 Å². The van der Waals surface area contributed by atoms with Crippen LogP contribution in [-0.2, 0) is 11.3 Å². The number of carbonyl (C=O) groups is 1. The lowest BCUT2D eigenvalue weighted by atomic mass is 9.68. The molecule has 0 radical (unpaired) electrons. The van der Waals surface area contributed by atoms with Crippen molar-refractivity contribution in [3.05, 3.63) is 88.9 Å². The zero-order valence-electron chi connectivity index (χ0n) is 19.2. The Morgan fingerprint density at radius 3 is 2.52 bits per heavy atom. The molecular weight excluding hydrogens is 411 g/mol. The fourth-order valence-electron chi connectivity index (χ4n) is 5.99. The van der Waals surface area contributed by atoms with E-state index in [4.69, 9.17) is 0 Å². The molecule has 1 aliphatic heterocycles. The lowest BCUT2D eigenvalue weighted by molar-refractivity contribution is -0.118. The summed E-state index contributed by atoms with van der Waals surface area (Å²) in [4.78, 5) is 13.6. The average molecular weight is 439 g/mol. The molecule has 4 aromatic rings. The van der Waals surface area contributed by atoms with E-state index in [2.05, 4.69) is 67.1 Å². The maximum Gasteiger partial charge on any atom is 0.162 e. The summed E-state index contributed by atoms with van der Waals surface area (Å²) in [5.74, 6) is -0.302. The zero-order chi connectivity index (χ0) is 22.9. The molecule has 0 amide bonds. The molecule has 1 atom stereocenters. The highest BCUT2D eigenvalue weighted by Crippen LogP contribution is 2.52. The van der Waals surface area contributed by atoms with Gasteiger partial charge >= 0.3 is 0 Å². The highest BCUT2D eigenvalue weighted by molar-refractivity contribution is 6.13. The number of hydrogen-bond acceptors (Lipinski definition) is 2. The molecule has 1 aromatic heterocycles. The molecule has 0 saturated carbocycles. The Balaban J connectivity index is 1.72. The van der Waals surface area contributed by atoms with E-state index in [0.29, 0.717) is 6.42 Å². The van der Waals surface area contributed by atoms with Crippen molar-refractivity contribution in [2.45, 2.75) is 46.1 Å². The SMILES string of the molecule is CCn1c2ccccc2c2c3c(ccc21)NC1=C(C(=O)CC(C)(C)C1)C3c1ccc(F)cc1. The third kappa shape index (κ3) is 2.97. The minimum Gasteiger partial charge on any atom is -0.358 e. The third-order valence-electron chi connectivity index (χ3n) is 7.28. The van der Waals surface area contributed by atoms with E-state index in [1.165, 1.54) is 33.9 Å². The van der Waals surface area contributed by atoms with Gasteiger partial charge in [-0.05, 0) is 60.2 Å². The second-order valence-electron chi connectivity index (χ2n) is 10.1. The number of nitrogens with one attached hydrogen (secondary N) is 1. The molecule has 3 aromatic carbocycles. The number of halogens is 1. The summed E-state index contributed by atoms with van der Waals surface area (Å²) in [5.41, 5.74) is 7.24. The lowest BCUT2D eigenvalue weighted by Crippen LogP contribution is -2.33. The van der Waals surface area contributed by atoms with Crippen molar-refractivity contribution in [1.29, 1.82) is 0 Å². The number of anilines is 1. The van der Waals surface area contributed by atoms with Crippen LogP contribution >= 0.6 is 0 Å². The first-order valence-electron chi connectivity index (χ1n) is 11.7. The van der Waals surface area contributed by atoms with Gasteiger partial charge in [-0.15, -0.1) is 0 Å². The van der Waals surface area contributed by atoms with Gasteiger partial charge in [0.05, 0.1) is 0 Å². The van der Waals surface area contributed by atoms with E-state index in [9.17, 15) is 9.18 Å². The Hall–Kier alpha value is -3.40. The predicted molar refractivity (Wildman–Crippen MR) is 132 cm³/mol. The number of nitrogens with zero attached hydrogens (tertiary/aromatic N) is 1. The maximum absolute atomic E-state index is 13.9. The molecule has 2 aliphatic rings. The molecule has 6 rings (SSSR count). The normalized spacial score (nSPS) is 19.5. The fraction of sp³-hybridized carbons (Fsp3) is 0.276. The van der Waals surface area contributed by atoms with E-state index in [1.807, 2.05) is 12.1 Å². The molecule has 0 fully saturated rings.